The van der Waals surface area contributed by atoms with Gasteiger partial charge in [-0.2, -0.15) is 0 Å². The molecule has 6 aromatic rings. The molecule has 320 valence electrons. The summed E-state index contributed by atoms with van der Waals surface area (Å²) in [6.45, 7) is 4.26. The molecule has 2 heterocycles. The highest BCUT2D eigenvalue weighted by Gasteiger charge is 2.24. The van der Waals surface area contributed by atoms with E-state index in [1.54, 1.807) is 48.3 Å². The molecule has 5 aromatic carbocycles. The van der Waals surface area contributed by atoms with Crippen molar-refractivity contribution in [3.63, 3.8) is 0 Å². The highest BCUT2D eigenvalue weighted by molar-refractivity contribution is 6.05. The number of fused-ring (bicyclic) bond motifs is 1. The van der Waals surface area contributed by atoms with E-state index in [1.807, 2.05) is 85.8 Å². The minimum atomic E-state index is -0.866. The van der Waals surface area contributed by atoms with Gasteiger partial charge < -0.3 is 40.4 Å². The Bertz CT molecular complexity index is 2560. The third-order valence-electron chi connectivity index (χ3n) is 11.2. The zero-order valence-electron chi connectivity index (χ0n) is 34.8. The van der Waals surface area contributed by atoms with Gasteiger partial charge in [-0.15, -0.1) is 0 Å². The summed E-state index contributed by atoms with van der Waals surface area (Å²) in [4.78, 5) is 57.5. The first-order valence-corrected chi connectivity index (χ1v) is 20.9. The number of aromatic amines is 1. The SMILES string of the molecule is C[C@H](Cc1ccc(NC(=O)c2cccc(N(C)C(=O)CCN3CCC(OC(=O)Nc4ccccc4-c4ccccc4)CC3)c2)cc1)NC[C@H](O)c1ccc(O)c2[nH]c(=O)ccc12. The Morgan fingerprint density at radius 1 is 0.871 bits per heavy atom. The molecule has 13 nitrogen and oxygen atoms in total. The summed E-state index contributed by atoms with van der Waals surface area (Å²) < 4.78 is 5.78. The third kappa shape index (κ3) is 11.1. The number of para-hydroxylation sites is 1. The van der Waals surface area contributed by atoms with Crippen LogP contribution in [-0.4, -0.2) is 83.4 Å². The topological polar surface area (TPSA) is 176 Å². The summed E-state index contributed by atoms with van der Waals surface area (Å²) in [6.07, 6.45) is 0.757. The van der Waals surface area contributed by atoms with Crippen molar-refractivity contribution in [2.24, 2.45) is 0 Å². The van der Waals surface area contributed by atoms with E-state index in [4.69, 9.17) is 4.74 Å². The van der Waals surface area contributed by atoms with Crippen molar-refractivity contribution in [3.05, 3.63) is 154 Å². The second-order valence-corrected chi connectivity index (χ2v) is 15.7. The fraction of sp³-hybridized carbons (Fsp3) is 0.265. The van der Waals surface area contributed by atoms with Gasteiger partial charge in [0.2, 0.25) is 11.5 Å². The molecule has 0 aliphatic carbocycles. The number of carbonyl (C=O) groups is 3. The quantitative estimate of drug-likeness (QED) is 0.0613. The molecule has 0 unspecified atom stereocenters. The van der Waals surface area contributed by atoms with E-state index in [0.717, 1.165) is 16.7 Å². The predicted molar refractivity (Wildman–Crippen MR) is 243 cm³/mol. The lowest BCUT2D eigenvalue weighted by Gasteiger charge is -2.31. The maximum Gasteiger partial charge on any atom is 0.411 e. The van der Waals surface area contributed by atoms with Crippen LogP contribution in [0.3, 0.4) is 0 Å². The van der Waals surface area contributed by atoms with Crippen LogP contribution in [0.25, 0.3) is 22.0 Å². The lowest BCUT2D eigenvalue weighted by atomic mass is 10.0. The van der Waals surface area contributed by atoms with Gasteiger partial charge in [-0.3, -0.25) is 19.7 Å². The number of nitrogens with one attached hydrogen (secondary N) is 4. The number of H-pyrrole nitrogens is 1. The van der Waals surface area contributed by atoms with Gasteiger partial charge in [0.25, 0.3) is 5.91 Å². The summed E-state index contributed by atoms with van der Waals surface area (Å²) in [5, 5.41) is 30.9. The Kier molecular flexibility index (Phi) is 14.1. The van der Waals surface area contributed by atoms with Crippen molar-refractivity contribution in [2.45, 2.75) is 50.9 Å². The molecule has 1 fully saturated rings. The van der Waals surface area contributed by atoms with Crippen LogP contribution >= 0.6 is 0 Å². The minimum absolute atomic E-state index is 0.0117. The summed E-state index contributed by atoms with van der Waals surface area (Å²) >= 11 is 0. The number of phenols is 1. The van der Waals surface area contributed by atoms with Gasteiger partial charge in [0.05, 0.1) is 17.3 Å². The lowest BCUT2D eigenvalue weighted by molar-refractivity contribution is -0.118. The number of aliphatic hydroxyl groups excluding tert-OH is 1. The van der Waals surface area contributed by atoms with Crippen LogP contribution in [0, 0.1) is 0 Å². The second kappa shape index (κ2) is 20.2. The van der Waals surface area contributed by atoms with E-state index in [-0.39, 0.29) is 41.8 Å². The van der Waals surface area contributed by atoms with Crippen LogP contribution in [0.2, 0.25) is 0 Å². The maximum atomic E-state index is 13.3. The summed E-state index contributed by atoms with van der Waals surface area (Å²) in [7, 11) is 1.71. The number of amides is 3. The maximum absolute atomic E-state index is 13.3. The molecule has 1 aliphatic rings. The Balaban J connectivity index is 0.827. The first kappa shape index (κ1) is 43.3. The molecule has 13 heteroatoms. The molecular formula is C49H52N6O7. The van der Waals surface area contributed by atoms with Crippen LogP contribution in [-0.2, 0) is 16.0 Å². The normalized spacial score (nSPS) is 14.2. The molecule has 0 saturated carbocycles. The number of rotatable bonds is 15. The smallest absolute Gasteiger partial charge is 0.411 e. The number of hydrogen-bond donors (Lipinski definition) is 6. The zero-order chi connectivity index (χ0) is 43.6. The Morgan fingerprint density at radius 2 is 1.61 bits per heavy atom. The summed E-state index contributed by atoms with van der Waals surface area (Å²) in [5.74, 6) is -0.426. The molecule has 6 N–H and O–H groups in total. The van der Waals surface area contributed by atoms with E-state index < -0.39 is 12.2 Å². The van der Waals surface area contributed by atoms with E-state index in [2.05, 4.69) is 25.8 Å². The number of nitrogens with zero attached hydrogens (tertiary/aromatic N) is 2. The van der Waals surface area contributed by atoms with E-state index >= 15 is 0 Å². The van der Waals surface area contributed by atoms with Crippen LogP contribution in [0.4, 0.5) is 21.9 Å². The van der Waals surface area contributed by atoms with Crippen molar-refractivity contribution in [3.8, 4) is 16.9 Å². The van der Waals surface area contributed by atoms with Gasteiger partial charge in [0.1, 0.15) is 11.9 Å². The number of aromatic hydroxyl groups is 1. The molecule has 2 atom stereocenters. The molecule has 1 aliphatic heterocycles. The van der Waals surface area contributed by atoms with Crippen molar-refractivity contribution in [2.75, 3.05) is 48.8 Å². The van der Waals surface area contributed by atoms with Gasteiger partial charge in [-0.25, -0.2) is 4.79 Å². The first-order chi connectivity index (χ1) is 30.0. The number of anilines is 3. The number of piperidine rings is 1. The number of hydrogen-bond acceptors (Lipinski definition) is 9. The molecule has 1 aromatic heterocycles. The van der Waals surface area contributed by atoms with Crippen LogP contribution in [0.1, 0.15) is 53.8 Å². The van der Waals surface area contributed by atoms with E-state index in [0.29, 0.717) is 84.4 Å². The Morgan fingerprint density at radius 3 is 2.39 bits per heavy atom. The molecule has 62 heavy (non-hydrogen) atoms. The fourth-order valence-electron chi connectivity index (χ4n) is 7.75. The molecule has 0 spiro atoms. The number of ether oxygens (including phenoxy) is 1. The Labute approximate surface area is 360 Å². The van der Waals surface area contributed by atoms with E-state index in [1.165, 1.54) is 12.1 Å². The predicted octanol–water partition coefficient (Wildman–Crippen LogP) is 7.47. The van der Waals surface area contributed by atoms with E-state index in [9.17, 15) is 29.4 Å². The van der Waals surface area contributed by atoms with Crippen LogP contribution < -0.4 is 26.4 Å². The van der Waals surface area contributed by atoms with Gasteiger partial charge in [0, 0.05) is 79.6 Å². The molecule has 1 saturated heterocycles. The van der Waals surface area contributed by atoms with Crippen LogP contribution in [0.15, 0.2) is 132 Å². The van der Waals surface area contributed by atoms with Crippen molar-refractivity contribution >= 4 is 45.9 Å². The average Bonchev–Trinajstić information content (AvgIpc) is 3.29. The van der Waals surface area contributed by atoms with Crippen LogP contribution in [0.5, 0.6) is 5.75 Å². The summed E-state index contributed by atoms with van der Waals surface area (Å²) in [6, 6.07) is 38.1. The molecule has 7 rings (SSSR count). The molecule has 0 radical (unpaired) electrons. The van der Waals surface area contributed by atoms with Crippen molar-refractivity contribution in [1.82, 2.24) is 15.2 Å². The number of aromatic nitrogens is 1. The lowest BCUT2D eigenvalue weighted by Crippen LogP contribution is -2.40. The third-order valence-corrected chi connectivity index (χ3v) is 11.2. The number of phenolic OH excluding ortho intramolecular Hbond substituents is 1. The number of pyridine rings is 1. The number of carbonyl (C=O) groups excluding carboxylic acids is 3. The van der Waals surface area contributed by atoms with Gasteiger partial charge >= 0.3 is 6.09 Å². The van der Waals surface area contributed by atoms with Gasteiger partial charge in [0.15, 0.2) is 0 Å². The number of benzene rings is 5. The Hall–Kier alpha value is -6.80. The fourth-order valence-corrected chi connectivity index (χ4v) is 7.75. The number of aliphatic hydroxyl groups is 1. The highest BCUT2D eigenvalue weighted by Crippen LogP contribution is 2.30. The van der Waals surface area contributed by atoms with Crippen molar-refractivity contribution in [1.29, 1.82) is 0 Å². The van der Waals surface area contributed by atoms with Gasteiger partial charge in [-0.1, -0.05) is 72.8 Å². The highest BCUT2D eigenvalue weighted by atomic mass is 16.6. The number of likely N-dealkylation sites (tertiary alicyclic amines) is 1. The second-order valence-electron chi connectivity index (χ2n) is 15.7. The largest absolute Gasteiger partial charge is 0.506 e. The monoisotopic (exact) mass is 836 g/mol. The molecule has 0 bridgehead atoms. The average molecular weight is 837 g/mol. The molecular weight excluding hydrogens is 785 g/mol. The summed E-state index contributed by atoms with van der Waals surface area (Å²) in [5.41, 5.74) is 5.87. The molecule has 3 amide bonds. The minimum Gasteiger partial charge on any atom is -0.506 e. The van der Waals surface area contributed by atoms with Crippen molar-refractivity contribution < 1.29 is 29.3 Å². The zero-order valence-corrected chi connectivity index (χ0v) is 34.8. The standard InChI is InChI=1S/C49H52N6O7/c1-32(50-31-44(57)40-19-21-43(56)47-41(40)20-22-45(58)53-47)29-33-15-17-36(18-16-33)51-48(60)35-11-8-12-37(30-35)54(2)46(59)25-28-55-26-23-38(24-27-55)62-49(61)52-42-14-7-6-13-39(42)34-9-4-3-5-10-34/h3-22,30,32,38,44,50,56-57H,23-29,31H2,1-2H3,(H,51,60)(H,52,61)(H,53,58)/t32-,44+/m1/s1. The first-order valence-electron chi connectivity index (χ1n) is 20.9. The van der Waals surface area contributed by atoms with Gasteiger partial charge in [-0.05, 0) is 91.4 Å².